The summed E-state index contributed by atoms with van der Waals surface area (Å²) in [5.41, 5.74) is -0.161. The minimum atomic E-state index is -0.770. The molecule has 0 aromatic heterocycles. The predicted molar refractivity (Wildman–Crippen MR) is 75.6 cm³/mol. The number of aliphatic carboxylic acids is 1. The number of urea groups is 1. The van der Waals surface area contributed by atoms with Gasteiger partial charge in [0.15, 0.2) is 0 Å². The topological polar surface area (TPSA) is 87.7 Å². The van der Waals surface area contributed by atoms with Crippen LogP contribution in [-0.4, -0.2) is 42.9 Å². The van der Waals surface area contributed by atoms with E-state index in [-0.39, 0.29) is 18.1 Å². The van der Waals surface area contributed by atoms with Gasteiger partial charge in [0, 0.05) is 26.6 Å². The highest BCUT2D eigenvalue weighted by Gasteiger charge is 2.37. The Labute approximate surface area is 120 Å². The van der Waals surface area contributed by atoms with Gasteiger partial charge < -0.3 is 20.5 Å². The van der Waals surface area contributed by atoms with Crippen LogP contribution < -0.4 is 10.6 Å². The van der Waals surface area contributed by atoms with Crippen molar-refractivity contribution < 1.29 is 19.4 Å². The van der Waals surface area contributed by atoms with Gasteiger partial charge in [-0.15, -0.1) is 0 Å². The van der Waals surface area contributed by atoms with Crippen molar-refractivity contribution in [2.45, 2.75) is 51.0 Å². The van der Waals surface area contributed by atoms with E-state index in [4.69, 9.17) is 9.84 Å². The van der Waals surface area contributed by atoms with E-state index in [0.717, 1.165) is 25.7 Å². The van der Waals surface area contributed by atoms with Crippen LogP contribution >= 0.6 is 0 Å². The lowest BCUT2D eigenvalue weighted by molar-refractivity contribution is -0.137. The lowest BCUT2D eigenvalue weighted by Gasteiger charge is -2.40. The molecule has 0 saturated heterocycles. The van der Waals surface area contributed by atoms with Crippen LogP contribution in [0.25, 0.3) is 0 Å². The first kappa shape index (κ1) is 16.8. The average Bonchev–Trinajstić information content (AvgIpc) is 2.35. The zero-order valence-electron chi connectivity index (χ0n) is 12.4. The smallest absolute Gasteiger partial charge is 0.314 e. The number of hydrogen-bond donors (Lipinski definition) is 3. The number of carbonyl (C=O) groups excluding carboxylic acids is 1. The first-order chi connectivity index (χ1) is 9.47. The largest absolute Gasteiger partial charge is 0.481 e. The van der Waals surface area contributed by atoms with Crippen LogP contribution in [0.1, 0.15) is 45.4 Å². The number of nitrogens with one attached hydrogen (secondary N) is 2. The van der Waals surface area contributed by atoms with Crippen LogP contribution in [0.3, 0.4) is 0 Å². The van der Waals surface area contributed by atoms with Crippen LogP contribution in [-0.2, 0) is 9.53 Å². The van der Waals surface area contributed by atoms with E-state index in [0.29, 0.717) is 25.4 Å². The Morgan fingerprint density at radius 3 is 2.50 bits per heavy atom. The van der Waals surface area contributed by atoms with E-state index in [1.165, 1.54) is 0 Å². The molecule has 2 amide bonds. The number of ether oxygens (including phenoxy) is 1. The van der Waals surface area contributed by atoms with Crippen molar-refractivity contribution >= 4 is 12.0 Å². The van der Waals surface area contributed by atoms with Crippen LogP contribution in [0.5, 0.6) is 0 Å². The van der Waals surface area contributed by atoms with Gasteiger partial charge in [-0.1, -0.05) is 6.92 Å². The Morgan fingerprint density at radius 1 is 1.30 bits per heavy atom. The maximum absolute atomic E-state index is 11.6. The number of carboxylic acids is 1. The molecule has 0 aliphatic heterocycles. The normalized spacial score (nSPS) is 17.9. The fourth-order valence-corrected chi connectivity index (χ4v) is 2.27. The van der Waals surface area contributed by atoms with Gasteiger partial charge in [-0.2, -0.15) is 0 Å². The molecule has 1 atom stereocenters. The highest BCUT2D eigenvalue weighted by Crippen LogP contribution is 2.34. The van der Waals surface area contributed by atoms with Gasteiger partial charge in [0.05, 0.1) is 5.60 Å². The molecule has 1 rings (SSSR count). The molecule has 1 unspecified atom stereocenters. The van der Waals surface area contributed by atoms with Crippen molar-refractivity contribution in [3.8, 4) is 0 Å². The second-order valence-electron chi connectivity index (χ2n) is 5.68. The second-order valence-corrected chi connectivity index (χ2v) is 5.68. The van der Waals surface area contributed by atoms with Gasteiger partial charge in [0.25, 0.3) is 0 Å². The minimum absolute atomic E-state index is 0.161. The van der Waals surface area contributed by atoms with Gasteiger partial charge >= 0.3 is 12.0 Å². The third-order valence-corrected chi connectivity index (χ3v) is 4.04. The molecule has 1 aliphatic carbocycles. The summed E-state index contributed by atoms with van der Waals surface area (Å²) in [6.45, 7) is 3.10. The van der Waals surface area contributed by atoms with Crippen LogP contribution in [0, 0.1) is 5.92 Å². The number of amides is 2. The standard InChI is InChI=1S/C14H26N2O4/c1-11(4-5-12(17)18)6-9-15-13(19)16-10-14(20-2)7-3-8-14/h11H,3-10H2,1-2H3,(H,17,18)(H2,15,16,19). The SMILES string of the molecule is COC1(CNC(=O)NCCC(C)CCC(=O)O)CCC1. The molecule has 0 spiro atoms. The van der Waals surface area contributed by atoms with Crippen molar-refractivity contribution in [2.24, 2.45) is 5.92 Å². The summed E-state index contributed by atoms with van der Waals surface area (Å²) in [6.07, 6.45) is 4.76. The van der Waals surface area contributed by atoms with Crippen molar-refractivity contribution in [1.82, 2.24) is 10.6 Å². The summed E-state index contributed by atoms with van der Waals surface area (Å²) in [7, 11) is 1.68. The predicted octanol–water partition coefficient (Wildman–Crippen LogP) is 1.75. The second kappa shape index (κ2) is 8.09. The number of rotatable bonds is 9. The maximum Gasteiger partial charge on any atom is 0.314 e. The van der Waals surface area contributed by atoms with Crippen LogP contribution in [0.4, 0.5) is 4.79 Å². The van der Waals surface area contributed by atoms with Crippen LogP contribution in [0.15, 0.2) is 0 Å². The molecule has 0 aromatic carbocycles. The number of carbonyl (C=O) groups is 2. The Morgan fingerprint density at radius 2 is 2.00 bits per heavy atom. The first-order valence-corrected chi connectivity index (χ1v) is 7.26. The molecule has 6 nitrogen and oxygen atoms in total. The average molecular weight is 286 g/mol. The molecule has 1 saturated carbocycles. The summed E-state index contributed by atoms with van der Waals surface area (Å²) in [6, 6.07) is -0.182. The van der Waals surface area contributed by atoms with E-state index in [2.05, 4.69) is 10.6 Å². The molecule has 116 valence electrons. The lowest BCUT2D eigenvalue weighted by Crippen LogP contribution is -2.51. The first-order valence-electron chi connectivity index (χ1n) is 7.26. The van der Waals surface area contributed by atoms with Crippen molar-refractivity contribution in [3.63, 3.8) is 0 Å². The van der Waals surface area contributed by atoms with Crippen molar-refractivity contribution in [3.05, 3.63) is 0 Å². The Kier molecular flexibility index (Phi) is 6.78. The summed E-state index contributed by atoms with van der Waals surface area (Å²) < 4.78 is 5.42. The highest BCUT2D eigenvalue weighted by molar-refractivity contribution is 5.73. The zero-order valence-corrected chi connectivity index (χ0v) is 12.4. The third kappa shape index (κ3) is 5.77. The highest BCUT2D eigenvalue weighted by atomic mass is 16.5. The van der Waals surface area contributed by atoms with E-state index in [1.807, 2.05) is 6.92 Å². The van der Waals surface area contributed by atoms with Gasteiger partial charge in [-0.05, 0) is 38.0 Å². The molecule has 0 heterocycles. The molecule has 0 aromatic rings. The minimum Gasteiger partial charge on any atom is -0.481 e. The van der Waals surface area contributed by atoms with Gasteiger partial charge in [-0.25, -0.2) is 4.79 Å². The number of carboxylic acid groups (broad SMARTS) is 1. The monoisotopic (exact) mass is 286 g/mol. The van der Waals surface area contributed by atoms with E-state index in [9.17, 15) is 9.59 Å². The van der Waals surface area contributed by atoms with E-state index >= 15 is 0 Å². The molecule has 0 bridgehead atoms. The summed E-state index contributed by atoms with van der Waals surface area (Å²) >= 11 is 0. The molecular formula is C14H26N2O4. The lowest BCUT2D eigenvalue weighted by atomic mass is 9.80. The molecule has 0 radical (unpaired) electrons. The van der Waals surface area contributed by atoms with Crippen molar-refractivity contribution in [2.75, 3.05) is 20.2 Å². The fraction of sp³-hybridized carbons (Fsp3) is 0.857. The summed E-state index contributed by atoms with van der Waals surface area (Å²) in [5.74, 6) is -0.476. The molecule has 6 heteroatoms. The Balaban J connectivity index is 2.06. The van der Waals surface area contributed by atoms with Crippen LogP contribution in [0.2, 0.25) is 0 Å². The quantitative estimate of drug-likeness (QED) is 0.602. The number of methoxy groups -OCH3 is 1. The van der Waals surface area contributed by atoms with Gasteiger partial charge in [0.2, 0.25) is 0 Å². The molecular weight excluding hydrogens is 260 g/mol. The zero-order chi connectivity index (χ0) is 15.0. The molecule has 1 aliphatic rings. The maximum atomic E-state index is 11.6. The summed E-state index contributed by atoms with van der Waals surface area (Å²) in [5, 5.41) is 14.2. The van der Waals surface area contributed by atoms with E-state index < -0.39 is 5.97 Å². The molecule has 20 heavy (non-hydrogen) atoms. The molecule has 1 fully saturated rings. The summed E-state index contributed by atoms with van der Waals surface area (Å²) in [4.78, 5) is 22.1. The van der Waals surface area contributed by atoms with Crippen molar-refractivity contribution in [1.29, 1.82) is 0 Å². The fourth-order valence-electron chi connectivity index (χ4n) is 2.27. The van der Waals surface area contributed by atoms with Gasteiger partial charge in [0.1, 0.15) is 0 Å². The Bertz CT molecular complexity index is 324. The van der Waals surface area contributed by atoms with Gasteiger partial charge in [-0.3, -0.25) is 4.79 Å². The molecule has 3 N–H and O–H groups in total. The van der Waals surface area contributed by atoms with E-state index in [1.54, 1.807) is 7.11 Å². The number of hydrogen-bond acceptors (Lipinski definition) is 3. The Hall–Kier alpha value is -1.30. The third-order valence-electron chi connectivity index (χ3n) is 4.04.